The third kappa shape index (κ3) is 4.12. The summed E-state index contributed by atoms with van der Waals surface area (Å²) in [5, 5.41) is 1.19. The van der Waals surface area contributed by atoms with Crippen LogP contribution in [0.5, 0.6) is 0 Å². The molecule has 0 aliphatic heterocycles. The van der Waals surface area contributed by atoms with Crippen molar-refractivity contribution in [2.24, 2.45) is 0 Å². The van der Waals surface area contributed by atoms with Crippen LogP contribution in [0.1, 0.15) is 5.56 Å². The molecular weight excluding hydrogens is 523 g/mol. The number of aromatic nitrogens is 2. The molecule has 0 amide bonds. The third-order valence-corrected chi connectivity index (χ3v) is 6.82. The lowest BCUT2D eigenvalue weighted by atomic mass is 10.0. The van der Waals surface area contributed by atoms with Gasteiger partial charge in [0.05, 0.1) is 21.7 Å². The van der Waals surface area contributed by atoms with E-state index < -0.39 is 39.6 Å². The van der Waals surface area contributed by atoms with Crippen molar-refractivity contribution in [1.82, 2.24) is 9.55 Å². The molecule has 1 N–H and O–H groups in total. The normalized spacial score (nSPS) is 11.8. The standard InChI is InChI=1S/C25H12ClF5N2O2S/c26-18-7-6-15(10-17(18)25(29,30)31)33-23(34)21-16(11-36-22(21)32-24(33)35)13-3-1-12(2-4-13)14-5-8-19(27)20(28)9-14/h1-11H,(H,32,35). The molecule has 3 aromatic carbocycles. The quantitative estimate of drug-likeness (QED) is 0.253. The maximum absolute atomic E-state index is 13.6. The van der Waals surface area contributed by atoms with Crippen LogP contribution >= 0.6 is 22.9 Å². The number of nitrogens with zero attached hydrogens (tertiary/aromatic N) is 1. The summed E-state index contributed by atoms with van der Waals surface area (Å²) in [5.74, 6) is -1.95. The van der Waals surface area contributed by atoms with Gasteiger partial charge in [-0.05, 0) is 47.0 Å². The topological polar surface area (TPSA) is 54.9 Å². The Balaban J connectivity index is 1.63. The summed E-state index contributed by atoms with van der Waals surface area (Å²) in [6, 6.07) is 12.9. The van der Waals surface area contributed by atoms with Crippen LogP contribution in [0.15, 0.2) is 75.6 Å². The summed E-state index contributed by atoms with van der Waals surface area (Å²) in [6.07, 6.45) is -4.78. The minimum Gasteiger partial charge on any atom is -0.298 e. The molecule has 36 heavy (non-hydrogen) atoms. The van der Waals surface area contributed by atoms with E-state index in [1.807, 2.05) is 0 Å². The molecule has 2 aromatic heterocycles. The number of hydrogen-bond donors (Lipinski definition) is 1. The molecule has 4 nitrogen and oxygen atoms in total. The van der Waals surface area contributed by atoms with E-state index in [4.69, 9.17) is 11.6 Å². The highest BCUT2D eigenvalue weighted by Gasteiger charge is 2.33. The van der Waals surface area contributed by atoms with Crippen molar-refractivity contribution in [3.63, 3.8) is 0 Å². The summed E-state index contributed by atoms with van der Waals surface area (Å²) >= 11 is 6.77. The van der Waals surface area contributed by atoms with Crippen LogP contribution in [0.25, 0.3) is 38.2 Å². The van der Waals surface area contributed by atoms with Gasteiger partial charge >= 0.3 is 11.9 Å². The van der Waals surface area contributed by atoms with Crippen LogP contribution in [-0.2, 0) is 6.18 Å². The van der Waals surface area contributed by atoms with Crippen molar-refractivity contribution in [2.45, 2.75) is 6.18 Å². The summed E-state index contributed by atoms with van der Waals surface area (Å²) in [7, 11) is 0. The van der Waals surface area contributed by atoms with Gasteiger partial charge in [-0.1, -0.05) is 41.9 Å². The molecule has 0 aliphatic rings. The van der Waals surface area contributed by atoms with Crippen LogP contribution in [0.4, 0.5) is 22.0 Å². The average molecular weight is 535 g/mol. The second-order valence-electron chi connectivity index (χ2n) is 7.79. The zero-order valence-corrected chi connectivity index (χ0v) is 19.4. The highest BCUT2D eigenvalue weighted by Crippen LogP contribution is 2.36. The number of H-pyrrole nitrogens is 1. The Morgan fingerprint density at radius 3 is 2.17 bits per heavy atom. The molecule has 0 unspecified atom stereocenters. The first-order valence-corrected chi connectivity index (χ1v) is 11.5. The highest BCUT2D eigenvalue weighted by atomic mass is 35.5. The number of nitrogens with one attached hydrogen (secondary N) is 1. The van der Waals surface area contributed by atoms with Gasteiger partial charge in [-0.3, -0.25) is 9.78 Å². The maximum Gasteiger partial charge on any atom is 0.417 e. The van der Waals surface area contributed by atoms with E-state index in [1.165, 1.54) is 6.07 Å². The molecule has 0 radical (unpaired) electrons. The van der Waals surface area contributed by atoms with Crippen molar-refractivity contribution in [3.8, 4) is 27.9 Å². The van der Waals surface area contributed by atoms with Gasteiger partial charge in [-0.2, -0.15) is 13.2 Å². The van der Waals surface area contributed by atoms with Crippen molar-refractivity contribution in [3.05, 3.63) is 109 Å². The SMILES string of the molecule is O=c1[nH]c2scc(-c3ccc(-c4ccc(F)c(F)c4)cc3)c2c(=O)n1-c1ccc(Cl)c(C(F)(F)F)c1. The van der Waals surface area contributed by atoms with E-state index in [1.54, 1.807) is 29.6 Å². The Morgan fingerprint density at radius 2 is 1.50 bits per heavy atom. The first kappa shape index (κ1) is 24.0. The summed E-state index contributed by atoms with van der Waals surface area (Å²) in [4.78, 5) is 28.8. The lowest BCUT2D eigenvalue weighted by Crippen LogP contribution is -2.33. The zero-order chi connectivity index (χ0) is 25.8. The predicted octanol–water partition coefficient (Wildman–Crippen LogP) is 7.02. The number of halogens is 6. The van der Waals surface area contributed by atoms with Crippen LogP contribution in [0, 0.1) is 11.6 Å². The number of rotatable bonds is 3. The lowest BCUT2D eigenvalue weighted by Gasteiger charge is -2.12. The Hall–Kier alpha value is -3.76. The highest BCUT2D eigenvalue weighted by molar-refractivity contribution is 7.17. The van der Waals surface area contributed by atoms with Gasteiger partial charge < -0.3 is 0 Å². The van der Waals surface area contributed by atoms with Gasteiger partial charge in [0.2, 0.25) is 0 Å². The molecule has 11 heteroatoms. The van der Waals surface area contributed by atoms with Crippen molar-refractivity contribution in [1.29, 1.82) is 0 Å². The fraction of sp³-hybridized carbons (Fsp3) is 0.0400. The monoisotopic (exact) mass is 534 g/mol. The Bertz CT molecular complexity index is 1750. The Kier molecular flexibility index (Phi) is 5.80. The van der Waals surface area contributed by atoms with E-state index >= 15 is 0 Å². The number of hydrogen-bond acceptors (Lipinski definition) is 3. The fourth-order valence-corrected chi connectivity index (χ4v) is 5.03. The van der Waals surface area contributed by atoms with E-state index in [0.29, 0.717) is 32.9 Å². The fourth-order valence-electron chi connectivity index (χ4n) is 3.85. The lowest BCUT2D eigenvalue weighted by molar-refractivity contribution is -0.137. The number of benzene rings is 3. The minimum absolute atomic E-state index is 0.115. The van der Waals surface area contributed by atoms with Crippen molar-refractivity contribution in [2.75, 3.05) is 0 Å². The molecule has 0 saturated carbocycles. The molecule has 0 aliphatic carbocycles. The van der Waals surface area contributed by atoms with E-state index in [9.17, 15) is 31.5 Å². The number of fused-ring (bicyclic) bond motifs is 1. The van der Waals surface area contributed by atoms with E-state index in [2.05, 4.69) is 4.98 Å². The molecule has 0 fully saturated rings. The second kappa shape index (κ2) is 8.72. The zero-order valence-electron chi connectivity index (χ0n) is 17.8. The Morgan fingerprint density at radius 1 is 0.833 bits per heavy atom. The van der Waals surface area contributed by atoms with Gasteiger partial charge in [-0.25, -0.2) is 18.1 Å². The van der Waals surface area contributed by atoms with Gasteiger partial charge in [0.1, 0.15) is 4.83 Å². The molecule has 182 valence electrons. The first-order chi connectivity index (χ1) is 17.0. The summed E-state index contributed by atoms with van der Waals surface area (Å²) in [5.41, 5.74) is -1.08. The molecule has 0 atom stereocenters. The molecule has 2 heterocycles. The number of thiophene rings is 1. The molecule has 5 rings (SSSR count). The van der Waals surface area contributed by atoms with Crippen LogP contribution in [0.3, 0.4) is 0 Å². The van der Waals surface area contributed by atoms with E-state index in [0.717, 1.165) is 35.6 Å². The van der Waals surface area contributed by atoms with Crippen LogP contribution in [-0.4, -0.2) is 9.55 Å². The molecular formula is C25H12ClF5N2O2S. The molecule has 5 aromatic rings. The minimum atomic E-state index is -4.78. The van der Waals surface area contributed by atoms with E-state index in [-0.39, 0.29) is 15.9 Å². The average Bonchev–Trinajstić information content (AvgIpc) is 3.25. The first-order valence-electron chi connectivity index (χ1n) is 10.2. The van der Waals surface area contributed by atoms with Crippen molar-refractivity contribution < 1.29 is 22.0 Å². The maximum atomic E-state index is 13.6. The van der Waals surface area contributed by atoms with Gasteiger partial charge in [0.15, 0.2) is 11.6 Å². The number of alkyl halides is 3. The summed E-state index contributed by atoms with van der Waals surface area (Å²) in [6.45, 7) is 0. The number of aromatic amines is 1. The third-order valence-electron chi connectivity index (χ3n) is 5.59. The summed E-state index contributed by atoms with van der Waals surface area (Å²) < 4.78 is 67.5. The molecule has 0 bridgehead atoms. The largest absolute Gasteiger partial charge is 0.417 e. The smallest absolute Gasteiger partial charge is 0.298 e. The molecule has 0 spiro atoms. The second-order valence-corrected chi connectivity index (χ2v) is 9.08. The van der Waals surface area contributed by atoms with Gasteiger partial charge in [0, 0.05) is 10.9 Å². The van der Waals surface area contributed by atoms with Crippen molar-refractivity contribution >= 4 is 33.2 Å². The molecule has 0 saturated heterocycles. The predicted molar refractivity (Wildman–Crippen MR) is 129 cm³/mol. The van der Waals surface area contributed by atoms with Crippen LogP contribution < -0.4 is 11.2 Å². The Labute approximate surface area is 207 Å². The van der Waals surface area contributed by atoms with Crippen LogP contribution in [0.2, 0.25) is 5.02 Å². The van der Waals surface area contributed by atoms with Gasteiger partial charge in [0.25, 0.3) is 5.56 Å². The van der Waals surface area contributed by atoms with Gasteiger partial charge in [-0.15, -0.1) is 11.3 Å².